The molecule has 5 heteroatoms. The maximum atomic E-state index is 12.3. The van der Waals surface area contributed by atoms with Gasteiger partial charge in [-0.2, -0.15) is 0 Å². The van der Waals surface area contributed by atoms with E-state index >= 15 is 0 Å². The summed E-state index contributed by atoms with van der Waals surface area (Å²) in [5.41, 5.74) is 8.65. The minimum atomic E-state index is -0.194. The SMILES string of the molecule is Nc1ccc2c(ccn2CCCN2C(=O)c3ccccc3C2=O)c1. The Morgan fingerprint density at radius 1 is 0.875 bits per heavy atom. The van der Waals surface area contributed by atoms with Crippen molar-refractivity contribution in [2.75, 3.05) is 12.3 Å². The molecule has 0 bridgehead atoms. The molecule has 1 aromatic heterocycles. The number of benzene rings is 2. The number of aromatic nitrogens is 1. The molecule has 2 heterocycles. The zero-order valence-electron chi connectivity index (χ0n) is 13.1. The second-order valence-corrected chi connectivity index (χ2v) is 5.99. The van der Waals surface area contributed by atoms with Gasteiger partial charge < -0.3 is 10.3 Å². The number of carbonyl (C=O) groups is 2. The fourth-order valence-corrected chi connectivity index (χ4v) is 3.25. The van der Waals surface area contributed by atoms with Crippen LogP contribution < -0.4 is 5.73 Å². The summed E-state index contributed by atoms with van der Waals surface area (Å²) in [6.07, 6.45) is 2.71. The monoisotopic (exact) mass is 319 g/mol. The number of amides is 2. The number of hydrogen-bond acceptors (Lipinski definition) is 3. The van der Waals surface area contributed by atoms with Gasteiger partial charge >= 0.3 is 0 Å². The smallest absolute Gasteiger partial charge is 0.261 e. The number of nitrogen functional groups attached to an aromatic ring is 1. The minimum Gasteiger partial charge on any atom is -0.399 e. The highest BCUT2D eigenvalue weighted by molar-refractivity contribution is 6.21. The largest absolute Gasteiger partial charge is 0.399 e. The van der Waals surface area contributed by atoms with Crippen molar-refractivity contribution >= 4 is 28.4 Å². The van der Waals surface area contributed by atoms with Crippen LogP contribution in [0.2, 0.25) is 0 Å². The standard InChI is InChI=1S/C19H17N3O2/c20-14-6-7-17-13(12-14)8-11-21(17)9-3-10-22-18(23)15-4-1-2-5-16(15)19(22)24/h1-2,4-8,11-12H,3,9-10,20H2. The molecular formula is C19H17N3O2. The van der Waals surface area contributed by atoms with Gasteiger partial charge in [-0.15, -0.1) is 0 Å². The van der Waals surface area contributed by atoms with Crippen molar-refractivity contribution in [1.82, 2.24) is 9.47 Å². The summed E-state index contributed by atoms with van der Waals surface area (Å²) in [7, 11) is 0. The van der Waals surface area contributed by atoms with Crippen LogP contribution in [0.1, 0.15) is 27.1 Å². The summed E-state index contributed by atoms with van der Waals surface area (Å²) < 4.78 is 2.12. The lowest BCUT2D eigenvalue weighted by molar-refractivity contribution is 0.0651. The van der Waals surface area contributed by atoms with Crippen LogP contribution in [0.15, 0.2) is 54.7 Å². The predicted octanol–water partition coefficient (Wildman–Crippen LogP) is 2.91. The lowest BCUT2D eigenvalue weighted by atomic mass is 10.1. The van der Waals surface area contributed by atoms with Gasteiger partial charge in [-0.1, -0.05) is 12.1 Å². The van der Waals surface area contributed by atoms with Crippen LogP contribution in [0.25, 0.3) is 10.9 Å². The van der Waals surface area contributed by atoms with E-state index in [9.17, 15) is 9.59 Å². The number of nitrogens with zero attached hydrogens (tertiary/aromatic N) is 2. The van der Waals surface area contributed by atoms with E-state index in [-0.39, 0.29) is 11.8 Å². The number of carbonyl (C=O) groups excluding carboxylic acids is 2. The molecule has 0 spiro atoms. The van der Waals surface area contributed by atoms with Gasteiger partial charge in [0.05, 0.1) is 11.1 Å². The van der Waals surface area contributed by atoms with E-state index in [2.05, 4.69) is 4.57 Å². The van der Waals surface area contributed by atoms with Crippen molar-refractivity contribution in [2.24, 2.45) is 0 Å². The van der Waals surface area contributed by atoms with Crippen LogP contribution in [-0.2, 0) is 6.54 Å². The summed E-state index contributed by atoms with van der Waals surface area (Å²) in [6, 6.07) is 14.8. The number of fused-ring (bicyclic) bond motifs is 2. The van der Waals surface area contributed by atoms with Crippen LogP contribution in [0, 0.1) is 0 Å². The Bertz CT molecular complexity index is 923. The van der Waals surface area contributed by atoms with E-state index < -0.39 is 0 Å². The molecule has 1 aliphatic heterocycles. The van der Waals surface area contributed by atoms with Crippen molar-refractivity contribution in [1.29, 1.82) is 0 Å². The molecule has 2 amide bonds. The predicted molar refractivity (Wildman–Crippen MR) is 92.8 cm³/mol. The van der Waals surface area contributed by atoms with Crippen LogP contribution in [0.3, 0.4) is 0 Å². The molecular weight excluding hydrogens is 302 g/mol. The first-order chi connectivity index (χ1) is 11.6. The van der Waals surface area contributed by atoms with Crippen molar-refractivity contribution in [3.05, 3.63) is 65.9 Å². The van der Waals surface area contributed by atoms with E-state index in [0.717, 1.165) is 23.1 Å². The van der Waals surface area contributed by atoms with Crippen LogP contribution in [-0.4, -0.2) is 27.8 Å². The Balaban J connectivity index is 1.46. The number of imide groups is 1. The molecule has 4 rings (SSSR count). The van der Waals surface area contributed by atoms with Gasteiger partial charge in [-0.05, 0) is 42.8 Å². The van der Waals surface area contributed by atoms with Gasteiger partial charge in [-0.3, -0.25) is 14.5 Å². The number of nitrogens with two attached hydrogens (primary N) is 1. The zero-order chi connectivity index (χ0) is 16.7. The van der Waals surface area contributed by atoms with Gasteiger partial charge in [-0.25, -0.2) is 0 Å². The molecule has 0 saturated heterocycles. The Labute approximate surface area is 139 Å². The van der Waals surface area contributed by atoms with E-state index in [0.29, 0.717) is 24.1 Å². The van der Waals surface area contributed by atoms with Gasteiger partial charge in [0.25, 0.3) is 11.8 Å². The number of aryl methyl sites for hydroxylation is 1. The van der Waals surface area contributed by atoms with Crippen molar-refractivity contribution in [3.63, 3.8) is 0 Å². The van der Waals surface area contributed by atoms with E-state index in [4.69, 9.17) is 5.73 Å². The second-order valence-electron chi connectivity index (χ2n) is 5.99. The zero-order valence-corrected chi connectivity index (χ0v) is 13.1. The van der Waals surface area contributed by atoms with Gasteiger partial charge in [0, 0.05) is 35.9 Å². The molecule has 2 N–H and O–H groups in total. The fourth-order valence-electron chi connectivity index (χ4n) is 3.25. The lowest BCUT2D eigenvalue weighted by Gasteiger charge is -2.14. The highest BCUT2D eigenvalue weighted by Gasteiger charge is 2.34. The summed E-state index contributed by atoms with van der Waals surface area (Å²) in [5.74, 6) is -0.388. The Morgan fingerprint density at radius 3 is 2.29 bits per heavy atom. The molecule has 0 aliphatic carbocycles. The van der Waals surface area contributed by atoms with Gasteiger partial charge in [0.1, 0.15) is 0 Å². The van der Waals surface area contributed by atoms with Crippen LogP contribution >= 0.6 is 0 Å². The molecule has 0 atom stereocenters. The minimum absolute atomic E-state index is 0.194. The molecule has 0 unspecified atom stereocenters. The first-order valence-electron chi connectivity index (χ1n) is 7.95. The normalized spacial score (nSPS) is 13.8. The quantitative estimate of drug-likeness (QED) is 0.594. The third-order valence-corrected chi connectivity index (χ3v) is 4.45. The first-order valence-corrected chi connectivity index (χ1v) is 7.95. The second kappa shape index (κ2) is 5.53. The summed E-state index contributed by atoms with van der Waals surface area (Å²) in [6.45, 7) is 1.15. The van der Waals surface area contributed by atoms with Crippen LogP contribution in [0.5, 0.6) is 0 Å². The maximum Gasteiger partial charge on any atom is 0.261 e. The Hall–Kier alpha value is -3.08. The molecule has 2 aromatic carbocycles. The molecule has 0 fully saturated rings. The van der Waals surface area contributed by atoms with Crippen molar-refractivity contribution in [3.8, 4) is 0 Å². The summed E-state index contributed by atoms with van der Waals surface area (Å²) >= 11 is 0. The topological polar surface area (TPSA) is 68.3 Å². The first kappa shape index (κ1) is 14.5. The van der Waals surface area contributed by atoms with Gasteiger partial charge in [0.2, 0.25) is 0 Å². The number of anilines is 1. The Morgan fingerprint density at radius 2 is 1.58 bits per heavy atom. The lowest BCUT2D eigenvalue weighted by Crippen LogP contribution is -2.31. The maximum absolute atomic E-state index is 12.3. The molecule has 0 saturated carbocycles. The van der Waals surface area contributed by atoms with E-state index in [1.54, 1.807) is 24.3 Å². The fraction of sp³-hybridized carbons (Fsp3) is 0.158. The van der Waals surface area contributed by atoms with Crippen LogP contribution in [0.4, 0.5) is 5.69 Å². The number of hydrogen-bond donors (Lipinski definition) is 1. The molecule has 3 aromatic rings. The van der Waals surface area contributed by atoms with Gasteiger partial charge in [0.15, 0.2) is 0 Å². The highest BCUT2D eigenvalue weighted by Crippen LogP contribution is 2.23. The third kappa shape index (κ3) is 2.25. The third-order valence-electron chi connectivity index (χ3n) is 4.45. The molecule has 0 radical (unpaired) electrons. The molecule has 1 aliphatic rings. The average molecular weight is 319 g/mol. The average Bonchev–Trinajstić information content (AvgIpc) is 3.09. The molecule has 5 nitrogen and oxygen atoms in total. The highest BCUT2D eigenvalue weighted by atomic mass is 16.2. The molecule has 120 valence electrons. The molecule has 24 heavy (non-hydrogen) atoms. The van der Waals surface area contributed by atoms with E-state index in [1.807, 2.05) is 30.5 Å². The van der Waals surface area contributed by atoms with Crippen molar-refractivity contribution in [2.45, 2.75) is 13.0 Å². The summed E-state index contributed by atoms with van der Waals surface area (Å²) in [5, 5.41) is 1.09. The number of rotatable bonds is 4. The Kier molecular flexibility index (Phi) is 3.34. The summed E-state index contributed by atoms with van der Waals surface area (Å²) in [4.78, 5) is 26.0. The van der Waals surface area contributed by atoms with E-state index in [1.165, 1.54) is 4.90 Å². The van der Waals surface area contributed by atoms with Crippen molar-refractivity contribution < 1.29 is 9.59 Å².